The van der Waals surface area contributed by atoms with E-state index in [0.29, 0.717) is 6.04 Å². The lowest BCUT2D eigenvalue weighted by Crippen LogP contribution is -2.32. The third-order valence-corrected chi connectivity index (χ3v) is 4.20. The molecule has 1 heterocycles. The number of hydrogen-bond donors (Lipinski definition) is 1. The van der Waals surface area contributed by atoms with Crippen molar-refractivity contribution in [1.82, 2.24) is 4.90 Å². The molecule has 1 fully saturated rings. The van der Waals surface area contributed by atoms with Crippen LogP contribution in [0.5, 0.6) is 5.75 Å². The molecule has 0 saturated carbocycles. The minimum atomic E-state index is 0. The summed E-state index contributed by atoms with van der Waals surface area (Å²) >= 11 is 0. The summed E-state index contributed by atoms with van der Waals surface area (Å²) < 4.78 is 5.29. The van der Waals surface area contributed by atoms with Gasteiger partial charge in [-0.15, -0.1) is 12.4 Å². The molecule has 0 aromatic heterocycles. The van der Waals surface area contributed by atoms with E-state index in [1.807, 2.05) is 6.07 Å². The number of nitrogens with two attached hydrogens (primary N) is 1. The molecule has 1 saturated heterocycles. The number of methoxy groups -OCH3 is 1. The number of nitrogens with zero attached hydrogens (tertiary/aromatic N) is 1. The summed E-state index contributed by atoms with van der Waals surface area (Å²) in [6.07, 6.45) is 1.19. The second-order valence-electron chi connectivity index (χ2n) is 5.69. The van der Waals surface area contributed by atoms with Gasteiger partial charge in [0, 0.05) is 12.6 Å². The van der Waals surface area contributed by atoms with Crippen LogP contribution in [-0.2, 0) is 0 Å². The van der Waals surface area contributed by atoms with E-state index >= 15 is 0 Å². The quantitative estimate of drug-likeness (QED) is 0.924. The van der Waals surface area contributed by atoms with Crippen LogP contribution in [0.1, 0.15) is 31.9 Å². The standard InChI is InChI=1S/C15H24N2O.ClH/c1-12(13-5-4-6-14(9-13)18-3)17-8-7-15(2,10-16)11-17;/h4-6,9,12H,7-8,10-11,16H2,1-3H3;1H. The molecule has 108 valence electrons. The van der Waals surface area contributed by atoms with Crippen molar-refractivity contribution >= 4 is 12.4 Å². The van der Waals surface area contributed by atoms with Crippen LogP contribution in [0, 0.1) is 5.41 Å². The van der Waals surface area contributed by atoms with Gasteiger partial charge in [-0.25, -0.2) is 0 Å². The Labute approximate surface area is 122 Å². The molecule has 4 heteroatoms. The van der Waals surface area contributed by atoms with Gasteiger partial charge in [-0.1, -0.05) is 19.1 Å². The third kappa shape index (κ3) is 3.62. The molecule has 0 bridgehead atoms. The van der Waals surface area contributed by atoms with Gasteiger partial charge in [-0.05, 0) is 49.5 Å². The van der Waals surface area contributed by atoms with Crippen LogP contribution >= 0.6 is 12.4 Å². The van der Waals surface area contributed by atoms with Crippen molar-refractivity contribution in [3.05, 3.63) is 29.8 Å². The molecule has 19 heavy (non-hydrogen) atoms. The van der Waals surface area contributed by atoms with E-state index in [1.54, 1.807) is 7.11 Å². The van der Waals surface area contributed by atoms with E-state index in [2.05, 4.69) is 36.9 Å². The largest absolute Gasteiger partial charge is 0.497 e. The first-order valence-electron chi connectivity index (χ1n) is 6.66. The zero-order valence-electron chi connectivity index (χ0n) is 12.1. The van der Waals surface area contributed by atoms with E-state index in [9.17, 15) is 0 Å². The first-order valence-corrected chi connectivity index (χ1v) is 6.66. The summed E-state index contributed by atoms with van der Waals surface area (Å²) in [5.41, 5.74) is 7.47. The molecule has 1 aromatic carbocycles. The van der Waals surface area contributed by atoms with Gasteiger partial charge in [0.2, 0.25) is 0 Å². The predicted molar refractivity (Wildman–Crippen MR) is 82.0 cm³/mol. The fourth-order valence-corrected chi connectivity index (χ4v) is 2.67. The lowest BCUT2D eigenvalue weighted by atomic mass is 9.90. The molecule has 2 atom stereocenters. The zero-order chi connectivity index (χ0) is 13.2. The molecule has 1 aromatic rings. The van der Waals surface area contributed by atoms with Gasteiger partial charge in [-0.3, -0.25) is 4.90 Å². The van der Waals surface area contributed by atoms with Gasteiger partial charge < -0.3 is 10.5 Å². The maximum absolute atomic E-state index is 5.87. The average molecular weight is 285 g/mol. The molecule has 0 amide bonds. The van der Waals surface area contributed by atoms with Crippen LogP contribution in [0.2, 0.25) is 0 Å². The van der Waals surface area contributed by atoms with Crippen molar-refractivity contribution in [2.75, 3.05) is 26.7 Å². The second-order valence-corrected chi connectivity index (χ2v) is 5.69. The SMILES string of the molecule is COc1cccc(C(C)N2CCC(C)(CN)C2)c1.Cl. The van der Waals surface area contributed by atoms with E-state index < -0.39 is 0 Å². The normalized spacial score (nSPS) is 24.8. The third-order valence-electron chi connectivity index (χ3n) is 4.20. The molecular formula is C15H25ClN2O. The fourth-order valence-electron chi connectivity index (χ4n) is 2.67. The van der Waals surface area contributed by atoms with Crippen LogP contribution in [0.15, 0.2) is 24.3 Å². The summed E-state index contributed by atoms with van der Waals surface area (Å²) in [5.74, 6) is 0.931. The number of hydrogen-bond acceptors (Lipinski definition) is 3. The topological polar surface area (TPSA) is 38.5 Å². The Morgan fingerprint density at radius 2 is 2.21 bits per heavy atom. The Hall–Kier alpha value is -0.770. The number of ether oxygens (including phenoxy) is 1. The Morgan fingerprint density at radius 1 is 1.47 bits per heavy atom. The van der Waals surface area contributed by atoms with Crippen molar-refractivity contribution in [3.63, 3.8) is 0 Å². The van der Waals surface area contributed by atoms with Gasteiger partial charge in [0.05, 0.1) is 7.11 Å². The van der Waals surface area contributed by atoms with Crippen LogP contribution in [0.25, 0.3) is 0 Å². The summed E-state index contributed by atoms with van der Waals surface area (Å²) in [6, 6.07) is 8.77. The monoisotopic (exact) mass is 284 g/mol. The van der Waals surface area contributed by atoms with Crippen LogP contribution in [0.3, 0.4) is 0 Å². The van der Waals surface area contributed by atoms with E-state index in [0.717, 1.165) is 25.4 Å². The highest BCUT2D eigenvalue weighted by atomic mass is 35.5. The molecule has 0 aliphatic carbocycles. The summed E-state index contributed by atoms with van der Waals surface area (Å²) in [6.45, 7) is 7.53. The lowest BCUT2D eigenvalue weighted by molar-refractivity contribution is 0.227. The van der Waals surface area contributed by atoms with Crippen molar-refractivity contribution in [3.8, 4) is 5.75 Å². The fraction of sp³-hybridized carbons (Fsp3) is 0.600. The summed E-state index contributed by atoms with van der Waals surface area (Å²) in [5, 5.41) is 0. The first-order chi connectivity index (χ1) is 8.58. The molecule has 2 N–H and O–H groups in total. The smallest absolute Gasteiger partial charge is 0.119 e. The van der Waals surface area contributed by atoms with E-state index in [-0.39, 0.29) is 17.8 Å². The molecule has 2 rings (SSSR count). The van der Waals surface area contributed by atoms with Crippen molar-refractivity contribution < 1.29 is 4.74 Å². The zero-order valence-corrected chi connectivity index (χ0v) is 12.9. The molecular weight excluding hydrogens is 260 g/mol. The molecule has 3 nitrogen and oxygen atoms in total. The lowest BCUT2D eigenvalue weighted by Gasteiger charge is -2.27. The van der Waals surface area contributed by atoms with E-state index in [1.165, 1.54) is 12.0 Å². The Balaban J connectivity index is 0.00000180. The Kier molecular flexibility index (Phi) is 5.65. The van der Waals surface area contributed by atoms with Crippen molar-refractivity contribution in [2.24, 2.45) is 11.1 Å². The highest BCUT2D eigenvalue weighted by Crippen LogP contribution is 2.34. The van der Waals surface area contributed by atoms with Crippen molar-refractivity contribution in [2.45, 2.75) is 26.3 Å². The molecule has 1 aliphatic rings. The van der Waals surface area contributed by atoms with Crippen LogP contribution in [0.4, 0.5) is 0 Å². The van der Waals surface area contributed by atoms with Crippen LogP contribution in [-0.4, -0.2) is 31.6 Å². The van der Waals surface area contributed by atoms with Gasteiger partial charge in [0.15, 0.2) is 0 Å². The second kappa shape index (κ2) is 6.60. The maximum atomic E-state index is 5.87. The minimum absolute atomic E-state index is 0. The van der Waals surface area contributed by atoms with Gasteiger partial charge in [0.25, 0.3) is 0 Å². The summed E-state index contributed by atoms with van der Waals surface area (Å²) in [4.78, 5) is 2.52. The number of halogens is 1. The number of rotatable bonds is 4. The van der Waals surface area contributed by atoms with E-state index in [4.69, 9.17) is 10.5 Å². The summed E-state index contributed by atoms with van der Waals surface area (Å²) in [7, 11) is 1.71. The molecule has 0 radical (unpaired) electrons. The Bertz CT molecular complexity index is 413. The highest BCUT2D eigenvalue weighted by molar-refractivity contribution is 5.85. The Morgan fingerprint density at radius 3 is 2.79 bits per heavy atom. The minimum Gasteiger partial charge on any atom is -0.497 e. The van der Waals surface area contributed by atoms with Crippen molar-refractivity contribution in [1.29, 1.82) is 0 Å². The van der Waals surface area contributed by atoms with Gasteiger partial charge in [0.1, 0.15) is 5.75 Å². The molecule has 0 spiro atoms. The van der Waals surface area contributed by atoms with Crippen LogP contribution < -0.4 is 10.5 Å². The first kappa shape index (κ1) is 16.3. The average Bonchev–Trinajstić information content (AvgIpc) is 2.81. The maximum Gasteiger partial charge on any atom is 0.119 e. The highest BCUT2D eigenvalue weighted by Gasteiger charge is 2.34. The number of benzene rings is 1. The van der Waals surface area contributed by atoms with Gasteiger partial charge in [-0.2, -0.15) is 0 Å². The molecule has 1 aliphatic heterocycles. The van der Waals surface area contributed by atoms with Gasteiger partial charge >= 0.3 is 0 Å². The molecule has 2 unspecified atom stereocenters. The predicted octanol–water partition coefficient (Wildman–Crippen LogP) is 2.85. The number of likely N-dealkylation sites (tertiary alicyclic amines) is 1.